The van der Waals surface area contributed by atoms with E-state index in [1.807, 2.05) is 0 Å². The molecule has 0 aliphatic heterocycles. The second-order valence-electron chi connectivity index (χ2n) is 3.70. The molecule has 2 N–H and O–H groups in total. The van der Waals surface area contributed by atoms with Gasteiger partial charge in [0.05, 0.1) is 5.56 Å². The summed E-state index contributed by atoms with van der Waals surface area (Å²) in [5, 5.41) is 11.8. The summed E-state index contributed by atoms with van der Waals surface area (Å²) in [5.41, 5.74) is 0.0467. The van der Waals surface area contributed by atoms with E-state index in [1.54, 1.807) is 13.8 Å². The molecule has 3 nitrogen and oxygen atoms in total. The zero-order chi connectivity index (χ0) is 11.6. The summed E-state index contributed by atoms with van der Waals surface area (Å²) < 4.78 is 13.5. The van der Waals surface area contributed by atoms with Crippen molar-refractivity contribution in [3.05, 3.63) is 29.1 Å². The molecule has 15 heavy (non-hydrogen) atoms. The molecular weight excluding hydrogens is 197 g/mol. The number of carbonyl (C=O) groups is 1. The minimum Gasteiger partial charge on any atom is -0.508 e. The molecule has 0 bridgehead atoms. The molecular formula is C11H14FNO2. The van der Waals surface area contributed by atoms with Gasteiger partial charge in [-0.1, -0.05) is 0 Å². The normalized spacial score (nSPS) is 10.5. The number of amides is 1. The van der Waals surface area contributed by atoms with Crippen molar-refractivity contribution >= 4 is 5.91 Å². The number of phenolic OH excluding ortho intramolecular Hbond substituents is 1. The zero-order valence-corrected chi connectivity index (χ0v) is 8.97. The van der Waals surface area contributed by atoms with E-state index < -0.39 is 11.7 Å². The average molecular weight is 211 g/mol. The summed E-state index contributed by atoms with van der Waals surface area (Å²) in [6, 6.07) is 2.54. The maximum Gasteiger partial charge on any atom is 0.254 e. The molecule has 1 amide bonds. The predicted octanol–water partition coefficient (Wildman–Crippen LogP) is 1.98. The van der Waals surface area contributed by atoms with Crippen LogP contribution in [0.2, 0.25) is 0 Å². The third kappa shape index (κ3) is 2.46. The van der Waals surface area contributed by atoms with Crippen LogP contribution in [0.15, 0.2) is 12.1 Å². The number of aromatic hydroxyl groups is 1. The average Bonchev–Trinajstić information content (AvgIpc) is 2.13. The third-order valence-corrected chi connectivity index (χ3v) is 2.02. The van der Waals surface area contributed by atoms with Gasteiger partial charge in [0.1, 0.15) is 11.6 Å². The van der Waals surface area contributed by atoms with Crippen molar-refractivity contribution in [1.29, 1.82) is 0 Å². The molecule has 0 aliphatic rings. The molecule has 1 rings (SSSR count). The van der Waals surface area contributed by atoms with Gasteiger partial charge in [-0.25, -0.2) is 4.39 Å². The smallest absolute Gasteiger partial charge is 0.254 e. The van der Waals surface area contributed by atoms with Crippen LogP contribution in [0.3, 0.4) is 0 Å². The van der Waals surface area contributed by atoms with E-state index in [0.29, 0.717) is 0 Å². The Morgan fingerprint density at radius 3 is 2.60 bits per heavy atom. The molecule has 0 fully saturated rings. The van der Waals surface area contributed by atoms with Crippen LogP contribution in [0.25, 0.3) is 0 Å². The maximum absolute atomic E-state index is 13.5. The Morgan fingerprint density at radius 1 is 1.47 bits per heavy atom. The molecule has 0 saturated heterocycles. The van der Waals surface area contributed by atoms with Crippen molar-refractivity contribution in [2.45, 2.75) is 26.8 Å². The van der Waals surface area contributed by atoms with E-state index in [0.717, 1.165) is 0 Å². The number of rotatable bonds is 2. The Bertz CT molecular complexity index is 388. The second kappa shape index (κ2) is 4.29. The van der Waals surface area contributed by atoms with E-state index in [9.17, 15) is 14.3 Å². The minimum atomic E-state index is -0.673. The fourth-order valence-electron chi connectivity index (χ4n) is 1.19. The van der Waals surface area contributed by atoms with Crippen molar-refractivity contribution in [2.24, 2.45) is 0 Å². The number of nitrogens with one attached hydrogen (secondary N) is 1. The van der Waals surface area contributed by atoms with E-state index in [4.69, 9.17) is 0 Å². The fraction of sp³-hybridized carbons (Fsp3) is 0.364. The standard InChI is InChI=1S/C11H14FNO2/c1-6(2)13-11(15)8-4-5-9(14)7(3)10(8)12/h4-6,14H,1-3H3,(H,13,15). The third-order valence-electron chi connectivity index (χ3n) is 2.02. The Kier molecular flexibility index (Phi) is 3.29. The van der Waals surface area contributed by atoms with E-state index in [2.05, 4.69) is 5.32 Å². The molecule has 0 heterocycles. The molecule has 82 valence electrons. The summed E-state index contributed by atoms with van der Waals surface area (Å²) in [6.45, 7) is 5.02. The van der Waals surface area contributed by atoms with Gasteiger partial charge < -0.3 is 10.4 Å². The summed E-state index contributed by atoms with van der Waals surface area (Å²) in [5.74, 6) is -1.28. The first-order chi connectivity index (χ1) is 6.93. The lowest BCUT2D eigenvalue weighted by molar-refractivity contribution is 0.0939. The Hall–Kier alpha value is -1.58. The van der Waals surface area contributed by atoms with Crippen LogP contribution in [-0.2, 0) is 0 Å². The van der Waals surface area contributed by atoms with E-state index >= 15 is 0 Å². The van der Waals surface area contributed by atoms with Crippen LogP contribution in [0.1, 0.15) is 29.8 Å². The number of halogens is 1. The molecule has 0 aromatic heterocycles. The molecule has 1 aromatic carbocycles. The predicted molar refractivity (Wildman–Crippen MR) is 55.4 cm³/mol. The Morgan fingerprint density at radius 2 is 2.07 bits per heavy atom. The van der Waals surface area contributed by atoms with Crippen molar-refractivity contribution < 1.29 is 14.3 Å². The highest BCUT2D eigenvalue weighted by Gasteiger charge is 2.15. The lowest BCUT2D eigenvalue weighted by Gasteiger charge is -2.10. The molecule has 0 spiro atoms. The minimum absolute atomic E-state index is 0.0426. The van der Waals surface area contributed by atoms with Gasteiger partial charge >= 0.3 is 0 Å². The molecule has 0 saturated carbocycles. The number of phenols is 1. The van der Waals surface area contributed by atoms with Crippen LogP contribution < -0.4 is 5.32 Å². The van der Waals surface area contributed by atoms with Crippen LogP contribution in [-0.4, -0.2) is 17.1 Å². The van der Waals surface area contributed by atoms with Gasteiger partial charge in [-0.15, -0.1) is 0 Å². The fourth-order valence-corrected chi connectivity index (χ4v) is 1.19. The van der Waals surface area contributed by atoms with E-state index in [1.165, 1.54) is 19.1 Å². The highest BCUT2D eigenvalue weighted by atomic mass is 19.1. The van der Waals surface area contributed by atoms with Gasteiger partial charge in [0, 0.05) is 11.6 Å². The van der Waals surface area contributed by atoms with Crippen molar-refractivity contribution in [2.75, 3.05) is 0 Å². The van der Waals surface area contributed by atoms with Crippen molar-refractivity contribution in [3.8, 4) is 5.75 Å². The Balaban J connectivity index is 3.06. The second-order valence-corrected chi connectivity index (χ2v) is 3.70. The Labute approximate surface area is 87.9 Å². The SMILES string of the molecule is Cc1c(O)ccc(C(=O)NC(C)C)c1F. The number of hydrogen-bond donors (Lipinski definition) is 2. The quantitative estimate of drug-likeness (QED) is 0.785. The van der Waals surface area contributed by atoms with Gasteiger partial charge in [-0.05, 0) is 32.9 Å². The maximum atomic E-state index is 13.5. The highest BCUT2D eigenvalue weighted by Crippen LogP contribution is 2.21. The van der Waals surface area contributed by atoms with Gasteiger partial charge in [-0.3, -0.25) is 4.79 Å². The van der Waals surface area contributed by atoms with Crippen molar-refractivity contribution in [1.82, 2.24) is 5.32 Å². The first kappa shape index (κ1) is 11.5. The highest BCUT2D eigenvalue weighted by molar-refractivity contribution is 5.95. The first-order valence-electron chi connectivity index (χ1n) is 4.72. The topological polar surface area (TPSA) is 49.3 Å². The zero-order valence-electron chi connectivity index (χ0n) is 8.97. The summed E-state index contributed by atoms with van der Waals surface area (Å²) in [7, 11) is 0. The molecule has 0 radical (unpaired) electrons. The summed E-state index contributed by atoms with van der Waals surface area (Å²) in [4.78, 5) is 11.5. The molecule has 1 aromatic rings. The van der Waals surface area contributed by atoms with Gasteiger partial charge in [0.2, 0.25) is 0 Å². The van der Waals surface area contributed by atoms with E-state index in [-0.39, 0.29) is 22.9 Å². The molecule has 0 atom stereocenters. The molecule has 4 heteroatoms. The number of hydrogen-bond acceptors (Lipinski definition) is 2. The van der Waals surface area contributed by atoms with Crippen LogP contribution in [0.5, 0.6) is 5.75 Å². The number of carbonyl (C=O) groups excluding carboxylic acids is 1. The molecule has 0 unspecified atom stereocenters. The van der Waals surface area contributed by atoms with Gasteiger partial charge in [0.25, 0.3) is 5.91 Å². The van der Waals surface area contributed by atoms with Gasteiger partial charge in [-0.2, -0.15) is 0 Å². The largest absolute Gasteiger partial charge is 0.508 e. The van der Waals surface area contributed by atoms with Crippen LogP contribution in [0.4, 0.5) is 4.39 Å². The first-order valence-corrected chi connectivity index (χ1v) is 4.72. The summed E-state index contributed by atoms with van der Waals surface area (Å²) >= 11 is 0. The summed E-state index contributed by atoms with van der Waals surface area (Å²) in [6.07, 6.45) is 0. The van der Waals surface area contributed by atoms with Crippen molar-refractivity contribution in [3.63, 3.8) is 0 Å². The molecule has 0 aliphatic carbocycles. The van der Waals surface area contributed by atoms with Crippen LogP contribution in [0, 0.1) is 12.7 Å². The van der Waals surface area contributed by atoms with Crippen LogP contribution >= 0.6 is 0 Å². The number of benzene rings is 1. The lowest BCUT2D eigenvalue weighted by Crippen LogP contribution is -2.30. The van der Waals surface area contributed by atoms with Gasteiger partial charge in [0.15, 0.2) is 0 Å². The lowest BCUT2D eigenvalue weighted by atomic mass is 10.1. The monoisotopic (exact) mass is 211 g/mol.